The van der Waals surface area contributed by atoms with E-state index in [1.54, 1.807) is 6.92 Å². The second-order valence-electron chi connectivity index (χ2n) is 2.61. The average Bonchev–Trinajstić information content (AvgIpc) is 2.16. The number of halogens is 1. The third kappa shape index (κ3) is 2.81. The van der Waals surface area contributed by atoms with Gasteiger partial charge in [-0.2, -0.15) is 0 Å². The number of aliphatic carboxylic acids is 1. The zero-order valence-corrected chi connectivity index (χ0v) is 8.32. The molecule has 0 bridgehead atoms. The number of carbonyl (C=O) groups is 1. The van der Waals surface area contributed by atoms with Crippen LogP contribution in [0.1, 0.15) is 18.9 Å². The first-order chi connectivity index (χ1) is 6.63. The van der Waals surface area contributed by atoms with E-state index in [1.165, 1.54) is 18.5 Å². The molecule has 0 amide bonds. The molecule has 14 heavy (non-hydrogen) atoms. The molecule has 0 aliphatic rings. The minimum absolute atomic E-state index is 0.149. The summed E-state index contributed by atoms with van der Waals surface area (Å²) in [6.45, 7) is 1.77. The third-order valence-corrected chi connectivity index (χ3v) is 1.83. The van der Waals surface area contributed by atoms with E-state index >= 15 is 0 Å². The standard InChI is InChI=1S/C9H9ClN2O2/c1-2-7(8(13)14)3-6-4-11-9(10)12-5-6/h3-5H,2H2,1H3,(H,13,14). The molecule has 0 spiro atoms. The highest BCUT2D eigenvalue weighted by atomic mass is 35.5. The number of rotatable bonds is 3. The van der Waals surface area contributed by atoms with Crippen molar-refractivity contribution in [2.24, 2.45) is 0 Å². The molecule has 0 unspecified atom stereocenters. The van der Waals surface area contributed by atoms with E-state index in [9.17, 15) is 4.79 Å². The Bertz CT molecular complexity index is 360. The van der Waals surface area contributed by atoms with Crippen LogP contribution in [0.25, 0.3) is 6.08 Å². The van der Waals surface area contributed by atoms with Crippen molar-refractivity contribution >= 4 is 23.6 Å². The number of carboxylic acid groups (broad SMARTS) is 1. The van der Waals surface area contributed by atoms with Gasteiger partial charge >= 0.3 is 5.97 Å². The first-order valence-electron chi connectivity index (χ1n) is 4.05. The molecule has 0 fully saturated rings. The first-order valence-corrected chi connectivity index (χ1v) is 4.42. The molecular weight excluding hydrogens is 204 g/mol. The van der Waals surface area contributed by atoms with E-state index < -0.39 is 5.97 Å². The SMILES string of the molecule is CCC(=Cc1cnc(Cl)nc1)C(=O)O. The Balaban J connectivity index is 2.95. The van der Waals surface area contributed by atoms with E-state index in [-0.39, 0.29) is 5.28 Å². The highest BCUT2D eigenvalue weighted by molar-refractivity contribution is 6.28. The Morgan fingerprint density at radius 3 is 2.57 bits per heavy atom. The number of hydrogen-bond acceptors (Lipinski definition) is 3. The zero-order chi connectivity index (χ0) is 10.6. The van der Waals surface area contributed by atoms with E-state index in [4.69, 9.17) is 16.7 Å². The molecule has 5 heteroatoms. The summed E-state index contributed by atoms with van der Waals surface area (Å²) in [4.78, 5) is 18.2. The predicted molar refractivity (Wildman–Crippen MR) is 52.9 cm³/mol. The Morgan fingerprint density at radius 1 is 1.57 bits per heavy atom. The van der Waals surface area contributed by atoms with Crippen LogP contribution in [0.3, 0.4) is 0 Å². The quantitative estimate of drug-likeness (QED) is 0.615. The molecule has 0 saturated heterocycles. The lowest BCUT2D eigenvalue weighted by atomic mass is 10.1. The molecule has 1 heterocycles. The topological polar surface area (TPSA) is 63.1 Å². The second-order valence-corrected chi connectivity index (χ2v) is 2.95. The van der Waals surface area contributed by atoms with Crippen molar-refractivity contribution in [1.29, 1.82) is 0 Å². The van der Waals surface area contributed by atoms with Gasteiger partial charge < -0.3 is 5.11 Å². The minimum atomic E-state index is -0.928. The molecular formula is C9H9ClN2O2. The summed E-state index contributed by atoms with van der Waals surface area (Å²) in [5.74, 6) is -0.928. The lowest BCUT2D eigenvalue weighted by Gasteiger charge is -1.97. The maximum atomic E-state index is 10.7. The maximum absolute atomic E-state index is 10.7. The van der Waals surface area contributed by atoms with Crippen LogP contribution in [0.5, 0.6) is 0 Å². The summed E-state index contributed by atoms with van der Waals surface area (Å²) < 4.78 is 0. The number of hydrogen-bond donors (Lipinski definition) is 1. The largest absolute Gasteiger partial charge is 0.478 e. The number of carboxylic acids is 1. The highest BCUT2D eigenvalue weighted by Gasteiger charge is 2.04. The van der Waals surface area contributed by atoms with Crippen LogP contribution in [0.15, 0.2) is 18.0 Å². The van der Waals surface area contributed by atoms with Crippen LogP contribution >= 0.6 is 11.6 Å². The van der Waals surface area contributed by atoms with Crippen molar-refractivity contribution < 1.29 is 9.90 Å². The summed E-state index contributed by atoms with van der Waals surface area (Å²) >= 11 is 5.49. The third-order valence-electron chi connectivity index (χ3n) is 1.64. The monoisotopic (exact) mass is 212 g/mol. The molecule has 0 atom stereocenters. The van der Waals surface area contributed by atoms with Crippen molar-refractivity contribution in [3.05, 3.63) is 28.8 Å². The van der Waals surface area contributed by atoms with Gasteiger partial charge in [-0.3, -0.25) is 0 Å². The Kier molecular flexibility index (Phi) is 3.59. The lowest BCUT2D eigenvalue weighted by molar-refractivity contribution is -0.132. The van der Waals surface area contributed by atoms with Gasteiger partial charge in [0, 0.05) is 23.5 Å². The second kappa shape index (κ2) is 4.72. The van der Waals surface area contributed by atoms with Crippen molar-refractivity contribution in [3.63, 3.8) is 0 Å². The van der Waals surface area contributed by atoms with Gasteiger partial charge in [0.2, 0.25) is 5.28 Å². The molecule has 0 aromatic carbocycles. The molecule has 4 nitrogen and oxygen atoms in total. The molecule has 1 aromatic heterocycles. The van der Waals surface area contributed by atoms with Crippen molar-refractivity contribution in [2.75, 3.05) is 0 Å². The van der Waals surface area contributed by atoms with Crippen LogP contribution < -0.4 is 0 Å². The molecule has 1 aromatic rings. The maximum Gasteiger partial charge on any atom is 0.331 e. The van der Waals surface area contributed by atoms with Gasteiger partial charge in [0.1, 0.15) is 0 Å². The zero-order valence-electron chi connectivity index (χ0n) is 7.57. The summed E-state index contributed by atoms with van der Waals surface area (Å²) in [5.41, 5.74) is 0.949. The van der Waals surface area contributed by atoms with Crippen molar-refractivity contribution in [2.45, 2.75) is 13.3 Å². The van der Waals surface area contributed by atoms with Crippen LogP contribution in [-0.4, -0.2) is 21.0 Å². The van der Waals surface area contributed by atoms with Gasteiger partial charge in [-0.05, 0) is 24.1 Å². The summed E-state index contributed by atoms with van der Waals surface area (Å²) in [5, 5.41) is 8.90. The van der Waals surface area contributed by atoms with Gasteiger partial charge in [-0.25, -0.2) is 14.8 Å². The molecule has 0 saturated carbocycles. The van der Waals surface area contributed by atoms with E-state index in [2.05, 4.69) is 9.97 Å². The highest BCUT2D eigenvalue weighted by Crippen LogP contribution is 2.09. The summed E-state index contributed by atoms with van der Waals surface area (Å²) in [6.07, 6.45) is 4.94. The Hall–Kier alpha value is -1.42. The molecule has 0 radical (unpaired) electrons. The van der Waals surface area contributed by atoms with Crippen LogP contribution in [0.4, 0.5) is 0 Å². The van der Waals surface area contributed by atoms with Gasteiger partial charge in [0.25, 0.3) is 0 Å². The molecule has 0 aliphatic carbocycles. The fraction of sp³-hybridized carbons (Fsp3) is 0.222. The van der Waals surface area contributed by atoms with Crippen LogP contribution in [0.2, 0.25) is 5.28 Å². The smallest absolute Gasteiger partial charge is 0.331 e. The number of nitrogens with zero attached hydrogens (tertiary/aromatic N) is 2. The Morgan fingerprint density at radius 2 is 2.14 bits per heavy atom. The van der Waals surface area contributed by atoms with Crippen molar-refractivity contribution in [1.82, 2.24) is 9.97 Å². The molecule has 0 aliphatic heterocycles. The van der Waals surface area contributed by atoms with Gasteiger partial charge in [-0.15, -0.1) is 0 Å². The van der Waals surface area contributed by atoms with E-state index in [0.29, 0.717) is 17.6 Å². The molecule has 1 rings (SSSR count). The summed E-state index contributed by atoms with van der Waals surface area (Å²) in [6, 6.07) is 0. The minimum Gasteiger partial charge on any atom is -0.478 e. The van der Waals surface area contributed by atoms with Crippen LogP contribution in [-0.2, 0) is 4.79 Å². The number of aromatic nitrogens is 2. The van der Waals surface area contributed by atoms with Gasteiger partial charge in [0.15, 0.2) is 0 Å². The molecule has 1 N–H and O–H groups in total. The fourth-order valence-electron chi connectivity index (χ4n) is 0.913. The van der Waals surface area contributed by atoms with Crippen LogP contribution in [0, 0.1) is 0 Å². The predicted octanol–water partition coefficient (Wildman–Crippen LogP) is 2.01. The van der Waals surface area contributed by atoms with Gasteiger partial charge in [-0.1, -0.05) is 6.92 Å². The lowest BCUT2D eigenvalue weighted by Crippen LogP contribution is -1.98. The van der Waals surface area contributed by atoms with Gasteiger partial charge in [0.05, 0.1) is 0 Å². The van der Waals surface area contributed by atoms with E-state index in [0.717, 1.165) is 0 Å². The summed E-state index contributed by atoms with van der Waals surface area (Å²) in [7, 11) is 0. The normalized spacial score (nSPS) is 11.4. The first kappa shape index (κ1) is 10.7. The molecule has 74 valence electrons. The fourth-order valence-corrected chi connectivity index (χ4v) is 1.01. The Labute approximate surface area is 86.3 Å². The van der Waals surface area contributed by atoms with E-state index in [1.807, 2.05) is 0 Å². The van der Waals surface area contributed by atoms with Crippen molar-refractivity contribution in [3.8, 4) is 0 Å². The average molecular weight is 213 g/mol.